The van der Waals surface area contributed by atoms with Gasteiger partial charge in [0.2, 0.25) is 6.54 Å². The van der Waals surface area contributed by atoms with Gasteiger partial charge in [0.15, 0.2) is 11.6 Å². The second kappa shape index (κ2) is 14.5. The average molecular weight is 748 g/mol. The van der Waals surface area contributed by atoms with Crippen LogP contribution >= 0.6 is 22.9 Å². The number of anilines is 2. The number of piperazine rings is 1. The number of likely N-dealkylation sites (N-methyl/N-ethyl adjacent to an activating group) is 1. The van der Waals surface area contributed by atoms with Crippen LogP contribution in [0.4, 0.5) is 33.6 Å². The van der Waals surface area contributed by atoms with Crippen LogP contribution in [0.25, 0.3) is 33.1 Å². The highest BCUT2D eigenvalue weighted by Crippen LogP contribution is 2.44. The molecule has 0 radical (unpaired) electrons. The van der Waals surface area contributed by atoms with Gasteiger partial charge in [-0.3, -0.25) is 4.79 Å². The Morgan fingerprint density at radius 3 is 2.67 bits per heavy atom. The van der Waals surface area contributed by atoms with Gasteiger partial charge in [0.25, 0.3) is 5.91 Å². The van der Waals surface area contributed by atoms with Gasteiger partial charge in [-0.25, -0.2) is 25.3 Å². The summed E-state index contributed by atoms with van der Waals surface area (Å²) in [5, 5.41) is 1.57. The first-order valence-electron chi connectivity index (χ1n) is 15.8. The molecule has 18 heteroatoms. The van der Waals surface area contributed by atoms with Gasteiger partial charge < -0.3 is 30.0 Å². The molecule has 268 valence electrons. The molecule has 2 saturated heterocycles. The Hall–Kier alpha value is -4.66. The van der Waals surface area contributed by atoms with Crippen LogP contribution in [0.3, 0.4) is 0 Å². The summed E-state index contributed by atoms with van der Waals surface area (Å²) in [6.45, 7) is 9.54. The molecule has 1 aromatic carbocycles. The van der Waals surface area contributed by atoms with Crippen molar-refractivity contribution in [1.82, 2.24) is 29.7 Å². The van der Waals surface area contributed by atoms with Crippen molar-refractivity contribution in [1.29, 1.82) is 0 Å². The highest BCUT2D eigenvalue weighted by molar-refractivity contribution is 7.10. The lowest BCUT2D eigenvalue weighted by Gasteiger charge is -2.39. The number of likely N-dealkylation sites (tertiary alicyclic amines) is 1. The van der Waals surface area contributed by atoms with E-state index in [4.69, 9.17) is 28.6 Å². The lowest BCUT2D eigenvalue weighted by atomic mass is 9.99. The van der Waals surface area contributed by atoms with Crippen molar-refractivity contribution < 1.29 is 31.5 Å². The quantitative estimate of drug-likeness (QED) is 0.127. The number of halogens is 6. The summed E-state index contributed by atoms with van der Waals surface area (Å²) in [5.74, 6) is -3.32. The first-order chi connectivity index (χ1) is 24.3. The predicted octanol–water partition coefficient (Wildman–Crippen LogP) is 6.27. The third-order valence-corrected chi connectivity index (χ3v) is 9.95. The number of carbonyl (C=O) groups is 1. The molecule has 1 amide bonds. The molecular weight excluding hydrogens is 717 g/mol. The monoisotopic (exact) mass is 747 g/mol. The third-order valence-electron chi connectivity index (χ3n) is 8.93. The van der Waals surface area contributed by atoms with E-state index in [1.807, 2.05) is 7.05 Å². The van der Waals surface area contributed by atoms with Crippen molar-refractivity contribution in [3.05, 3.63) is 67.9 Å². The van der Waals surface area contributed by atoms with Gasteiger partial charge in [-0.2, -0.15) is 23.1 Å². The summed E-state index contributed by atoms with van der Waals surface area (Å²) in [5.41, 5.74) is 2.51. The van der Waals surface area contributed by atoms with Gasteiger partial charge in [-0.1, -0.05) is 11.6 Å². The molecule has 5 heterocycles. The van der Waals surface area contributed by atoms with E-state index in [9.17, 15) is 18.0 Å². The summed E-state index contributed by atoms with van der Waals surface area (Å²) in [6.07, 6.45) is -0.628. The Morgan fingerprint density at radius 1 is 1.22 bits per heavy atom. The molecule has 2 N–H and O–H groups in total. The Kier molecular flexibility index (Phi) is 10.3. The van der Waals surface area contributed by atoms with Crippen LogP contribution in [-0.2, 0) is 11.0 Å². The van der Waals surface area contributed by atoms with Crippen LogP contribution in [-0.4, -0.2) is 94.1 Å². The minimum atomic E-state index is -4.92. The minimum Gasteiger partial charge on any atom is -0.462 e. The number of thiazole rings is 1. The molecule has 6 rings (SSSR count). The number of fused-ring (bicyclic) bond motifs is 1. The molecule has 0 unspecified atom stereocenters. The Labute approximate surface area is 298 Å². The van der Waals surface area contributed by atoms with Crippen molar-refractivity contribution in [3.8, 4) is 17.3 Å². The van der Waals surface area contributed by atoms with Crippen LogP contribution in [0.5, 0.6) is 6.01 Å². The molecular formula is C33H31ClF5N9O2S. The number of nitrogens with two attached hydrogens (primary N) is 1. The Balaban J connectivity index is 1.44. The first-order valence-corrected chi connectivity index (χ1v) is 17.1. The van der Waals surface area contributed by atoms with E-state index >= 15 is 8.78 Å². The summed E-state index contributed by atoms with van der Waals surface area (Å²) in [6, 6.07) is 1.26. The molecule has 0 aliphatic carbocycles. The van der Waals surface area contributed by atoms with Crippen molar-refractivity contribution in [2.24, 2.45) is 0 Å². The van der Waals surface area contributed by atoms with Crippen LogP contribution < -0.4 is 15.4 Å². The van der Waals surface area contributed by atoms with Crippen LogP contribution in [0, 0.1) is 19.3 Å². The van der Waals surface area contributed by atoms with Gasteiger partial charge in [-0.05, 0) is 51.1 Å². The number of hydrogen-bond acceptors (Lipinski definition) is 10. The van der Waals surface area contributed by atoms with Crippen LogP contribution in [0.2, 0.25) is 5.02 Å². The van der Waals surface area contributed by atoms with Crippen LogP contribution in [0.15, 0.2) is 29.5 Å². The van der Waals surface area contributed by atoms with Gasteiger partial charge >= 0.3 is 12.2 Å². The van der Waals surface area contributed by atoms with Crippen molar-refractivity contribution in [2.75, 3.05) is 57.0 Å². The SMILES string of the molecule is [C-]#[N+]C[C@H]1CN(c2nc(OC[C@@H]3CCCN3C)nc3c(F)c(-c4nc(N)cc(C)c4C(F)(F)F)c(Cl)cc23)CCN1C(=O)/C(F)=C/c1nccs1. The second-order valence-electron chi connectivity index (χ2n) is 12.2. The van der Waals surface area contributed by atoms with E-state index in [0.717, 1.165) is 42.9 Å². The van der Waals surface area contributed by atoms with E-state index in [2.05, 4.69) is 29.7 Å². The van der Waals surface area contributed by atoms with E-state index in [0.29, 0.717) is 5.01 Å². The molecule has 51 heavy (non-hydrogen) atoms. The predicted molar refractivity (Wildman–Crippen MR) is 183 cm³/mol. The largest absolute Gasteiger partial charge is 0.462 e. The minimum absolute atomic E-state index is 0.0231. The van der Waals surface area contributed by atoms with Gasteiger partial charge in [0.1, 0.15) is 34.8 Å². The fourth-order valence-corrected chi connectivity index (χ4v) is 7.31. The molecule has 2 aliphatic rings. The number of nitrogen functional groups attached to an aromatic ring is 1. The Morgan fingerprint density at radius 2 is 2.00 bits per heavy atom. The molecule has 2 atom stereocenters. The standard InChI is InChI=1S/C33H31ClF5N9O2S/c1-17-11-23(40)43-29(26(17)33(37,38)39)25-21(34)12-20-28(27(25)36)44-32(50-16-18-5-4-7-46(18)3)45-30(20)47-8-9-48(19(15-47)14-41-2)31(49)22(35)13-24-42-6-10-51-24/h6,10-13,18-19H,4-5,7-9,14-16H2,1,3H3,(H2,40,43)/b22-13-/t18-,19-/m0/s1. The number of alkyl halides is 3. The van der Waals surface area contributed by atoms with Crippen molar-refractivity contribution in [2.45, 2.75) is 38.0 Å². The van der Waals surface area contributed by atoms with Crippen molar-refractivity contribution in [3.63, 3.8) is 0 Å². The average Bonchev–Trinajstić information content (AvgIpc) is 3.74. The molecule has 0 bridgehead atoms. The number of hydrogen-bond donors (Lipinski definition) is 1. The number of rotatable bonds is 8. The molecule has 2 fully saturated rings. The van der Waals surface area contributed by atoms with E-state index in [1.54, 1.807) is 10.3 Å². The summed E-state index contributed by atoms with van der Waals surface area (Å²) in [7, 11) is 1.94. The number of carbonyl (C=O) groups excluding carboxylic acids is 1. The lowest BCUT2D eigenvalue weighted by Crippen LogP contribution is -2.56. The van der Waals surface area contributed by atoms with Crippen molar-refractivity contribution >= 4 is 57.5 Å². The molecule has 4 aromatic rings. The number of pyridine rings is 1. The summed E-state index contributed by atoms with van der Waals surface area (Å²) < 4.78 is 80.7. The maximum absolute atomic E-state index is 16.7. The van der Waals surface area contributed by atoms with Gasteiger partial charge in [-0.15, -0.1) is 11.3 Å². The van der Waals surface area contributed by atoms with E-state index in [1.165, 1.54) is 24.1 Å². The summed E-state index contributed by atoms with van der Waals surface area (Å²) in [4.78, 5) is 38.4. The number of amides is 1. The van der Waals surface area contributed by atoms with E-state index in [-0.39, 0.29) is 72.9 Å². The highest BCUT2D eigenvalue weighted by atomic mass is 35.5. The number of aryl methyl sites for hydroxylation is 1. The molecule has 2 aliphatic heterocycles. The number of ether oxygens (including phenoxy) is 1. The maximum Gasteiger partial charge on any atom is 0.418 e. The molecule has 3 aromatic heterocycles. The van der Waals surface area contributed by atoms with Crippen LogP contribution in [0.1, 0.15) is 29.0 Å². The lowest BCUT2D eigenvalue weighted by molar-refractivity contribution is -0.137. The third kappa shape index (κ3) is 7.39. The smallest absolute Gasteiger partial charge is 0.418 e. The normalized spacial score (nSPS) is 18.8. The fourth-order valence-electron chi connectivity index (χ4n) is 6.47. The summed E-state index contributed by atoms with van der Waals surface area (Å²) >= 11 is 7.73. The second-order valence-corrected chi connectivity index (χ2v) is 13.6. The first kappa shape index (κ1) is 36.1. The van der Waals surface area contributed by atoms with E-state index < -0.39 is 51.6 Å². The fraction of sp³-hybridized carbons (Fsp3) is 0.394. The molecule has 0 spiro atoms. The zero-order chi connectivity index (χ0) is 36.6. The topological polar surface area (TPSA) is 118 Å². The zero-order valence-corrected chi connectivity index (χ0v) is 28.9. The number of nitrogens with zero attached hydrogens (tertiary/aromatic N) is 8. The number of aromatic nitrogens is 4. The number of benzene rings is 1. The maximum atomic E-state index is 16.7. The van der Waals surface area contributed by atoms with Gasteiger partial charge in [0, 0.05) is 48.7 Å². The van der Waals surface area contributed by atoms with Gasteiger partial charge in [0.05, 0.1) is 21.8 Å². The zero-order valence-electron chi connectivity index (χ0n) is 27.3. The Bertz CT molecular complexity index is 2040. The molecule has 11 nitrogen and oxygen atoms in total. The highest BCUT2D eigenvalue weighted by Gasteiger charge is 2.40. The molecule has 0 saturated carbocycles.